The highest BCUT2D eigenvalue weighted by molar-refractivity contribution is 7.93. The highest BCUT2D eigenvalue weighted by Crippen LogP contribution is 2.31. The number of piperazine rings is 1. The van der Waals surface area contributed by atoms with Crippen LogP contribution >= 0.6 is 0 Å². The summed E-state index contributed by atoms with van der Waals surface area (Å²) in [5, 5.41) is 0. The van der Waals surface area contributed by atoms with Gasteiger partial charge in [0, 0.05) is 38.9 Å². The molecule has 0 aliphatic carbocycles. The van der Waals surface area contributed by atoms with Crippen LogP contribution in [0.5, 0.6) is 0 Å². The van der Waals surface area contributed by atoms with Crippen LogP contribution in [0.25, 0.3) is 0 Å². The summed E-state index contributed by atoms with van der Waals surface area (Å²) < 4.78 is 26.3. The number of sulfonamides is 1. The molecule has 2 fully saturated rings. The largest absolute Gasteiger partial charge is 0.353 e. The summed E-state index contributed by atoms with van der Waals surface area (Å²) in [6.07, 6.45) is 3.44. The number of hydrogen-bond donors (Lipinski definition) is 0. The number of rotatable bonds is 4. The number of anilines is 2. The van der Waals surface area contributed by atoms with Crippen LogP contribution in [0.15, 0.2) is 30.5 Å². The third kappa shape index (κ3) is 4.13. The number of aryl methyl sites for hydroxylation is 2. The van der Waals surface area contributed by atoms with E-state index < -0.39 is 10.0 Å². The molecule has 0 saturated carbocycles. The molecule has 1 aromatic carbocycles. The van der Waals surface area contributed by atoms with Gasteiger partial charge in [-0.3, -0.25) is 9.10 Å². The number of carbonyl (C=O) groups is 1. The fourth-order valence-electron chi connectivity index (χ4n) is 4.38. The lowest BCUT2D eigenvalue weighted by Gasteiger charge is -2.37. The summed E-state index contributed by atoms with van der Waals surface area (Å²) in [5.74, 6) is 0.920. The summed E-state index contributed by atoms with van der Waals surface area (Å²) in [4.78, 5) is 22.1. The molecule has 165 valence electrons. The fourth-order valence-corrected chi connectivity index (χ4v) is 5.95. The topological polar surface area (TPSA) is 73.8 Å². The van der Waals surface area contributed by atoms with Crippen molar-refractivity contribution in [1.29, 1.82) is 0 Å². The van der Waals surface area contributed by atoms with Gasteiger partial charge in [-0.1, -0.05) is 25.1 Å². The Hall–Kier alpha value is -2.61. The SMILES string of the molecule is [CH2]c1cccc(N2CCCS2(=O)=O)c1C(=O)N1CCN(c2ncc(CC)cc2C)CC1. The Kier molecular flexibility index (Phi) is 5.92. The van der Waals surface area contributed by atoms with Gasteiger partial charge < -0.3 is 9.80 Å². The third-order valence-corrected chi connectivity index (χ3v) is 7.95. The second-order valence-electron chi connectivity index (χ2n) is 8.17. The number of nitrogens with zero attached hydrogens (tertiary/aromatic N) is 4. The van der Waals surface area contributed by atoms with Crippen molar-refractivity contribution >= 4 is 27.4 Å². The molecule has 2 aliphatic rings. The van der Waals surface area contributed by atoms with Crippen molar-refractivity contribution in [2.24, 2.45) is 0 Å². The smallest absolute Gasteiger partial charge is 0.256 e. The van der Waals surface area contributed by atoms with Crippen LogP contribution < -0.4 is 9.21 Å². The standard InChI is InChI=1S/C23H29N4O3S/c1-4-19-15-18(3)22(24-16-19)25-10-12-26(13-11-25)23(28)21-17(2)7-5-8-20(21)27-9-6-14-31(27,29)30/h5,7-8,15-16H,2,4,6,9-14H2,1,3H3. The van der Waals surface area contributed by atoms with Crippen LogP contribution in [0.4, 0.5) is 11.5 Å². The molecule has 2 aromatic rings. The van der Waals surface area contributed by atoms with E-state index in [0.717, 1.165) is 17.8 Å². The average Bonchev–Trinajstić information content (AvgIpc) is 3.12. The molecule has 0 unspecified atom stereocenters. The monoisotopic (exact) mass is 441 g/mol. The van der Waals surface area contributed by atoms with Gasteiger partial charge in [-0.25, -0.2) is 13.4 Å². The maximum absolute atomic E-state index is 13.4. The van der Waals surface area contributed by atoms with E-state index in [2.05, 4.69) is 36.7 Å². The van der Waals surface area contributed by atoms with Crippen LogP contribution in [-0.2, 0) is 16.4 Å². The first-order valence-electron chi connectivity index (χ1n) is 10.8. The van der Waals surface area contributed by atoms with Crippen molar-refractivity contribution in [3.8, 4) is 0 Å². The average molecular weight is 442 g/mol. The van der Waals surface area contributed by atoms with E-state index in [-0.39, 0.29) is 11.7 Å². The Labute approximate surface area is 184 Å². The van der Waals surface area contributed by atoms with Crippen molar-refractivity contribution in [3.05, 3.63) is 59.6 Å². The summed E-state index contributed by atoms with van der Waals surface area (Å²) in [7, 11) is -3.38. The van der Waals surface area contributed by atoms with Crippen molar-refractivity contribution in [2.75, 3.05) is 47.7 Å². The summed E-state index contributed by atoms with van der Waals surface area (Å²) in [6, 6.07) is 7.40. The molecule has 2 saturated heterocycles. The second-order valence-corrected chi connectivity index (χ2v) is 10.2. The van der Waals surface area contributed by atoms with Crippen molar-refractivity contribution < 1.29 is 13.2 Å². The number of pyridine rings is 1. The summed E-state index contributed by atoms with van der Waals surface area (Å²) >= 11 is 0. The van der Waals surface area contributed by atoms with Gasteiger partial charge in [0.15, 0.2) is 0 Å². The van der Waals surface area contributed by atoms with Crippen LogP contribution in [0, 0.1) is 13.8 Å². The minimum absolute atomic E-state index is 0.115. The Morgan fingerprint density at radius 1 is 1.16 bits per heavy atom. The quantitative estimate of drug-likeness (QED) is 0.729. The van der Waals surface area contributed by atoms with Crippen LogP contribution in [-0.4, -0.2) is 62.7 Å². The Morgan fingerprint density at radius 2 is 1.90 bits per heavy atom. The molecular formula is C23H29N4O3S. The molecule has 0 atom stereocenters. The zero-order valence-corrected chi connectivity index (χ0v) is 19.0. The molecule has 31 heavy (non-hydrogen) atoms. The Morgan fingerprint density at radius 3 is 2.52 bits per heavy atom. The van der Waals surface area contributed by atoms with Crippen molar-refractivity contribution in [3.63, 3.8) is 0 Å². The number of carbonyl (C=O) groups excluding carboxylic acids is 1. The maximum Gasteiger partial charge on any atom is 0.256 e. The molecule has 4 rings (SSSR count). The first-order chi connectivity index (χ1) is 14.8. The lowest BCUT2D eigenvalue weighted by atomic mass is 10.0. The predicted octanol–water partition coefficient (Wildman–Crippen LogP) is 2.64. The van der Waals surface area contributed by atoms with Gasteiger partial charge >= 0.3 is 0 Å². The molecule has 1 aromatic heterocycles. The first-order valence-corrected chi connectivity index (χ1v) is 12.4. The van der Waals surface area contributed by atoms with Gasteiger partial charge in [0.05, 0.1) is 17.0 Å². The number of amides is 1. The highest BCUT2D eigenvalue weighted by atomic mass is 32.2. The molecule has 1 amide bonds. The molecule has 0 N–H and O–H groups in total. The predicted molar refractivity (Wildman–Crippen MR) is 123 cm³/mol. The summed E-state index contributed by atoms with van der Waals surface area (Å²) in [6.45, 7) is 11.1. The third-order valence-electron chi connectivity index (χ3n) is 6.09. The molecule has 1 radical (unpaired) electrons. The van der Waals surface area contributed by atoms with Crippen molar-refractivity contribution in [1.82, 2.24) is 9.88 Å². The van der Waals surface area contributed by atoms with E-state index in [9.17, 15) is 13.2 Å². The molecule has 3 heterocycles. The van der Waals surface area contributed by atoms with Gasteiger partial charge in [-0.05, 0) is 49.4 Å². The number of hydrogen-bond acceptors (Lipinski definition) is 5. The van der Waals surface area contributed by atoms with E-state index in [4.69, 9.17) is 0 Å². The van der Waals surface area contributed by atoms with Gasteiger partial charge in [0.2, 0.25) is 10.0 Å². The Bertz CT molecular complexity index is 1090. The van der Waals surface area contributed by atoms with E-state index >= 15 is 0 Å². The summed E-state index contributed by atoms with van der Waals surface area (Å²) in [5.41, 5.74) is 3.75. The minimum Gasteiger partial charge on any atom is -0.353 e. The fraction of sp³-hybridized carbons (Fsp3) is 0.435. The minimum atomic E-state index is -3.38. The van der Waals surface area contributed by atoms with Gasteiger partial charge in [0.1, 0.15) is 5.82 Å². The zero-order valence-electron chi connectivity index (χ0n) is 18.2. The zero-order chi connectivity index (χ0) is 22.2. The highest BCUT2D eigenvalue weighted by Gasteiger charge is 2.33. The maximum atomic E-state index is 13.4. The van der Waals surface area contributed by atoms with Crippen LogP contribution in [0.1, 0.15) is 40.4 Å². The lowest BCUT2D eigenvalue weighted by molar-refractivity contribution is 0.0747. The molecule has 7 nitrogen and oxygen atoms in total. The first kappa shape index (κ1) is 21.6. The number of benzene rings is 1. The molecule has 2 aliphatic heterocycles. The Balaban J connectivity index is 1.53. The van der Waals surface area contributed by atoms with Crippen molar-refractivity contribution in [2.45, 2.75) is 26.7 Å². The van der Waals surface area contributed by atoms with E-state index in [1.165, 1.54) is 9.87 Å². The molecular weight excluding hydrogens is 412 g/mol. The van der Waals surface area contributed by atoms with Crippen LogP contribution in [0.2, 0.25) is 0 Å². The lowest BCUT2D eigenvalue weighted by Crippen LogP contribution is -2.49. The van der Waals surface area contributed by atoms with E-state index in [0.29, 0.717) is 56.0 Å². The van der Waals surface area contributed by atoms with E-state index in [1.807, 2.05) is 6.20 Å². The van der Waals surface area contributed by atoms with Gasteiger partial charge in [-0.15, -0.1) is 0 Å². The van der Waals surface area contributed by atoms with Crippen LogP contribution in [0.3, 0.4) is 0 Å². The van der Waals surface area contributed by atoms with Gasteiger partial charge in [0.25, 0.3) is 5.91 Å². The molecule has 8 heteroatoms. The normalized spacial score (nSPS) is 18.5. The second kappa shape index (κ2) is 8.49. The van der Waals surface area contributed by atoms with E-state index in [1.54, 1.807) is 23.1 Å². The molecule has 0 bridgehead atoms. The molecule has 0 spiro atoms. The number of aromatic nitrogens is 1. The van der Waals surface area contributed by atoms with Gasteiger partial charge in [-0.2, -0.15) is 0 Å².